The lowest BCUT2D eigenvalue weighted by molar-refractivity contribution is 0.406. The lowest BCUT2D eigenvalue weighted by Crippen LogP contribution is -2.09. The quantitative estimate of drug-likeness (QED) is 0.722. The van der Waals surface area contributed by atoms with Gasteiger partial charge in [0.2, 0.25) is 11.9 Å². The summed E-state index contributed by atoms with van der Waals surface area (Å²) in [5.41, 5.74) is 6.94. The van der Waals surface area contributed by atoms with Gasteiger partial charge in [0.1, 0.15) is 0 Å². The molecule has 0 radical (unpaired) electrons. The minimum Gasteiger partial charge on any atom is -0.366 e. The maximum atomic E-state index is 5.53. The molecule has 0 aliphatic heterocycles. The van der Waals surface area contributed by atoms with Gasteiger partial charge in [0.25, 0.3) is 0 Å². The highest BCUT2D eigenvalue weighted by Crippen LogP contribution is 2.20. The van der Waals surface area contributed by atoms with Crippen molar-refractivity contribution in [3.63, 3.8) is 0 Å². The van der Waals surface area contributed by atoms with Gasteiger partial charge in [-0.05, 0) is 31.1 Å². The van der Waals surface area contributed by atoms with Gasteiger partial charge in [0.05, 0.1) is 0 Å². The Morgan fingerprint density at radius 1 is 1.48 bits per heavy atom. The van der Waals surface area contributed by atoms with Gasteiger partial charge in [-0.15, -0.1) is 16.4 Å². The molecule has 0 unspecified atom stereocenters. The van der Waals surface area contributed by atoms with Crippen molar-refractivity contribution in [1.82, 2.24) is 19.7 Å². The van der Waals surface area contributed by atoms with Crippen molar-refractivity contribution in [3.05, 3.63) is 21.9 Å². The summed E-state index contributed by atoms with van der Waals surface area (Å²) in [6, 6.07) is 2.30. The first-order valence-corrected chi connectivity index (χ1v) is 8.77. The van der Waals surface area contributed by atoms with E-state index < -0.39 is 0 Å². The molecule has 116 valence electrons. The molecule has 0 fully saturated rings. The number of hydrogen-bond acceptors (Lipinski definition) is 7. The zero-order chi connectivity index (χ0) is 15.2. The van der Waals surface area contributed by atoms with Crippen molar-refractivity contribution in [1.29, 1.82) is 0 Å². The van der Waals surface area contributed by atoms with Gasteiger partial charge in [-0.25, -0.2) is 4.68 Å². The molecule has 0 saturated carbocycles. The summed E-state index contributed by atoms with van der Waals surface area (Å²) in [6.07, 6.45) is 0. The van der Waals surface area contributed by atoms with Crippen LogP contribution in [0.25, 0.3) is 0 Å². The normalized spacial score (nSPS) is 11.2. The molecule has 6 nitrogen and oxygen atoms in total. The monoisotopic (exact) mass is 326 g/mol. The summed E-state index contributed by atoms with van der Waals surface area (Å²) in [5, 5.41) is 9.48. The number of nitrogens with two attached hydrogens (primary N) is 1. The Labute approximate surface area is 133 Å². The van der Waals surface area contributed by atoms with Crippen molar-refractivity contribution < 1.29 is 0 Å². The Morgan fingerprint density at radius 2 is 2.29 bits per heavy atom. The zero-order valence-corrected chi connectivity index (χ0v) is 14.3. The van der Waals surface area contributed by atoms with Crippen LogP contribution in [-0.2, 0) is 19.3 Å². The van der Waals surface area contributed by atoms with Crippen molar-refractivity contribution in [2.75, 3.05) is 37.4 Å². The third-order valence-corrected chi connectivity index (χ3v) is 4.76. The Bertz CT molecular complexity index is 563. The van der Waals surface area contributed by atoms with Gasteiger partial charge in [-0.3, -0.25) is 0 Å². The van der Waals surface area contributed by atoms with Crippen LogP contribution in [0.4, 0.5) is 11.9 Å². The van der Waals surface area contributed by atoms with Crippen LogP contribution in [0.3, 0.4) is 0 Å². The minimum atomic E-state index is 0.305. The first-order chi connectivity index (χ1) is 10.0. The first-order valence-electron chi connectivity index (χ1n) is 6.73. The summed E-state index contributed by atoms with van der Waals surface area (Å²) in [6.45, 7) is 1.87. The SMILES string of the molecule is CN(C)Cc1cc(CSCCNc2nc(N)nn2C)cs1. The van der Waals surface area contributed by atoms with E-state index >= 15 is 0 Å². The molecule has 0 aromatic carbocycles. The Hall–Kier alpha value is -1.25. The molecule has 2 aromatic rings. The van der Waals surface area contributed by atoms with Crippen LogP contribution in [-0.4, -0.2) is 46.1 Å². The standard InChI is InChI=1S/C13H22N6S2/c1-18(2)7-11-6-10(9-21-11)8-20-5-4-15-13-16-12(14)17-19(13)3/h6,9H,4-5,7-8H2,1-3H3,(H3,14,15,16,17). The molecule has 21 heavy (non-hydrogen) atoms. The fraction of sp³-hybridized carbons (Fsp3) is 0.538. The van der Waals surface area contributed by atoms with Crippen LogP contribution in [0.15, 0.2) is 11.4 Å². The van der Waals surface area contributed by atoms with Gasteiger partial charge in [-0.2, -0.15) is 16.7 Å². The minimum absolute atomic E-state index is 0.305. The summed E-state index contributed by atoms with van der Waals surface area (Å²) in [7, 11) is 6.02. The van der Waals surface area contributed by atoms with E-state index in [0.717, 1.165) is 30.5 Å². The lowest BCUT2D eigenvalue weighted by atomic mass is 10.3. The number of rotatable bonds is 8. The van der Waals surface area contributed by atoms with E-state index in [0.29, 0.717) is 5.95 Å². The van der Waals surface area contributed by atoms with Crippen LogP contribution in [0, 0.1) is 0 Å². The van der Waals surface area contributed by atoms with Gasteiger partial charge in [0, 0.05) is 36.5 Å². The van der Waals surface area contributed by atoms with Crippen LogP contribution in [0.2, 0.25) is 0 Å². The van der Waals surface area contributed by atoms with Crippen LogP contribution in [0.5, 0.6) is 0 Å². The smallest absolute Gasteiger partial charge is 0.241 e. The van der Waals surface area contributed by atoms with E-state index in [1.165, 1.54) is 10.4 Å². The van der Waals surface area contributed by atoms with Gasteiger partial charge in [0.15, 0.2) is 0 Å². The Kier molecular flexibility index (Phi) is 5.89. The number of thioether (sulfide) groups is 1. The van der Waals surface area contributed by atoms with E-state index in [2.05, 4.69) is 45.8 Å². The summed E-state index contributed by atoms with van der Waals surface area (Å²) < 4.78 is 1.66. The molecule has 0 bridgehead atoms. The summed E-state index contributed by atoms with van der Waals surface area (Å²) in [4.78, 5) is 7.72. The van der Waals surface area contributed by atoms with E-state index in [1.54, 1.807) is 4.68 Å². The second-order valence-electron chi connectivity index (χ2n) is 5.06. The highest BCUT2D eigenvalue weighted by atomic mass is 32.2. The number of thiophene rings is 1. The third-order valence-electron chi connectivity index (χ3n) is 2.76. The second kappa shape index (κ2) is 7.67. The maximum absolute atomic E-state index is 5.53. The van der Waals surface area contributed by atoms with Gasteiger partial charge in [-0.1, -0.05) is 0 Å². The Morgan fingerprint density at radius 3 is 2.95 bits per heavy atom. The number of nitrogens with zero attached hydrogens (tertiary/aromatic N) is 4. The lowest BCUT2D eigenvalue weighted by Gasteiger charge is -2.06. The van der Waals surface area contributed by atoms with E-state index in [9.17, 15) is 0 Å². The van der Waals surface area contributed by atoms with E-state index in [-0.39, 0.29) is 0 Å². The molecule has 0 aliphatic rings. The van der Waals surface area contributed by atoms with Crippen molar-refractivity contribution >= 4 is 35.0 Å². The number of hydrogen-bond donors (Lipinski definition) is 2. The average Bonchev–Trinajstić information content (AvgIpc) is 2.95. The molecule has 0 saturated heterocycles. The predicted octanol–water partition coefficient (Wildman–Crippen LogP) is 1.87. The van der Waals surface area contributed by atoms with E-state index in [1.807, 2.05) is 30.1 Å². The van der Waals surface area contributed by atoms with Gasteiger partial charge < -0.3 is 16.0 Å². The zero-order valence-electron chi connectivity index (χ0n) is 12.7. The highest BCUT2D eigenvalue weighted by molar-refractivity contribution is 7.98. The molecule has 8 heteroatoms. The highest BCUT2D eigenvalue weighted by Gasteiger charge is 2.04. The van der Waals surface area contributed by atoms with Crippen LogP contribution >= 0.6 is 23.1 Å². The molecule has 3 N–H and O–H groups in total. The molecule has 0 atom stereocenters. The van der Waals surface area contributed by atoms with Crippen LogP contribution in [0.1, 0.15) is 10.4 Å². The topological polar surface area (TPSA) is 72.0 Å². The van der Waals surface area contributed by atoms with Crippen molar-refractivity contribution in [2.45, 2.75) is 12.3 Å². The summed E-state index contributed by atoms with van der Waals surface area (Å²) in [5.74, 6) is 3.09. The van der Waals surface area contributed by atoms with Crippen molar-refractivity contribution in [2.24, 2.45) is 7.05 Å². The maximum Gasteiger partial charge on any atom is 0.241 e. The predicted molar refractivity (Wildman–Crippen MR) is 91.8 cm³/mol. The Balaban J connectivity index is 1.65. The third kappa shape index (κ3) is 5.22. The van der Waals surface area contributed by atoms with Gasteiger partial charge >= 0.3 is 0 Å². The number of aromatic nitrogens is 3. The molecule has 2 rings (SSSR count). The molecular weight excluding hydrogens is 304 g/mol. The molecule has 0 spiro atoms. The molecule has 0 amide bonds. The second-order valence-corrected chi connectivity index (χ2v) is 7.16. The average molecular weight is 326 g/mol. The fourth-order valence-corrected chi connectivity index (χ4v) is 3.78. The molecule has 2 heterocycles. The van der Waals surface area contributed by atoms with E-state index in [4.69, 9.17) is 5.73 Å². The first kappa shape index (κ1) is 16.1. The fourth-order valence-electron chi connectivity index (χ4n) is 1.88. The number of aryl methyl sites for hydroxylation is 1. The van der Waals surface area contributed by atoms with Crippen molar-refractivity contribution in [3.8, 4) is 0 Å². The molecule has 2 aromatic heterocycles. The number of anilines is 2. The number of nitrogens with one attached hydrogen (secondary N) is 1. The molecular formula is C13H22N6S2. The largest absolute Gasteiger partial charge is 0.366 e. The number of nitrogen functional groups attached to an aromatic ring is 1. The van der Waals surface area contributed by atoms with Crippen LogP contribution < -0.4 is 11.1 Å². The molecule has 0 aliphatic carbocycles. The summed E-state index contributed by atoms with van der Waals surface area (Å²) >= 11 is 3.75.